The highest BCUT2D eigenvalue weighted by Gasteiger charge is 2.24. The molecule has 0 unspecified atom stereocenters. The van der Waals surface area contributed by atoms with Crippen LogP contribution in [0.3, 0.4) is 0 Å². The summed E-state index contributed by atoms with van der Waals surface area (Å²) >= 11 is 0. The Kier molecular flexibility index (Phi) is 4.87. The third kappa shape index (κ3) is 4.00. The van der Waals surface area contributed by atoms with Crippen LogP contribution in [0.1, 0.15) is 28.8 Å². The van der Waals surface area contributed by atoms with Crippen LogP contribution in [0.25, 0.3) is 11.0 Å². The van der Waals surface area contributed by atoms with Crippen LogP contribution in [-0.4, -0.2) is 45.8 Å². The number of rotatable bonds is 4. The maximum atomic E-state index is 12.7. The van der Waals surface area contributed by atoms with Gasteiger partial charge in [0, 0.05) is 24.7 Å². The number of amides is 2. The number of aromatic amines is 1. The van der Waals surface area contributed by atoms with E-state index in [-0.39, 0.29) is 17.9 Å². The van der Waals surface area contributed by atoms with Crippen molar-refractivity contribution in [1.29, 1.82) is 0 Å². The summed E-state index contributed by atoms with van der Waals surface area (Å²) in [5.41, 5.74) is 3.39. The predicted octanol–water partition coefficient (Wildman–Crippen LogP) is 2.53. The number of carbonyl (C=O) groups excluding carboxylic acids is 2. The Bertz CT molecular complexity index is 943. The van der Waals surface area contributed by atoms with Gasteiger partial charge in [0.2, 0.25) is 5.91 Å². The van der Waals surface area contributed by atoms with E-state index in [2.05, 4.69) is 15.3 Å². The zero-order valence-corrected chi connectivity index (χ0v) is 15.0. The standard InChI is InChI=1S/C21H22N4O2/c26-20(12-15-4-2-1-3-5-15)24-17-8-10-25(11-9-17)21(27)16-6-7-18-19(13-16)23-14-22-18/h1-7,13-14,17H,8-12H2,(H,22,23)(H,24,26). The smallest absolute Gasteiger partial charge is 0.253 e. The monoisotopic (exact) mass is 362 g/mol. The van der Waals surface area contributed by atoms with E-state index >= 15 is 0 Å². The molecule has 4 rings (SSSR count). The average molecular weight is 362 g/mol. The zero-order valence-electron chi connectivity index (χ0n) is 15.0. The van der Waals surface area contributed by atoms with Gasteiger partial charge >= 0.3 is 0 Å². The second kappa shape index (κ2) is 7.61. The molecule has 2 heterocycles. The third-order valence-electron chi connectivity index (χ3n) is 5.02. The Morgan fingerprint density at radius 3 is 2.67 bits per heavy atom. The second-order valence-corrected chi connectivity index (χ2v) is 6.93. The first-order chi connectivity index (χ1) is 13.2. The minimum Gasteiger partial charge on any atom is -0.353 e. The molecule has 0 atom stereocenters. The van der Waals surface area contributed by atoms with Crippen molar-refractivity contribution in [3.05, 3.63) is 66.0 Å². The van der Waals surface area contributed by atoms with E-state index in [0.717, 1.165) is 29.4 Å². The van der Waals surface area contributed by atoms with Crippen LogP contribution >= 0.6 is 0 Å². The van der Waals surface area contributed by atoms with Gasteiger partial charge in [-0.25, -0.2) is 4.98 Å². The summed E-state index contributed by atoms with van der Waals surface area (Å²) in [6.45, 7) is 1.30. The third-order valence-corrected chi connectivity index (χ3v) is 5.02. The van der Waals surface area contributed by atoms with Gasteiger partial charge in [0.05, 0.1) is 23.8 Å². The minimum atomic E-state index is 0.0283. The predicted molar refractivity (Wildman–Crippen MR) is 103 cm³/mol. The second-order valence-electron chi connectivity index (χ2n) is 6.93. The Labute approximate surface area is 157 Å². The maximum absolute atomic E-state index is 12.7. The van der Waals surface area contributed by atoms with Crippen LogP contribution in [0.5, 0.6) is 0 Å². The number of hydrogen-bond acceptors (Lipinski definition) is 3. The quantitative estimate of drug-likeness (QED) is 0.749. The van der Waals surface area contributed by atoms with E-state index in [9.17, 15) is 9.59 Å². The first kappa shape index (κ1) is 17.3. The molecule has 2 aromatic carbocycles. The van der Waals surface area contributed by atoms with Crippen molar-refractivity contribution < 1.29 is 9.59 Å². The summed E-state index contributed by atoms with van der Waals surface area (Å²) < 4.78 is 0. The lowest BCUT2D eigenvalue weighted by molar-refractivity contribution is -0.121. The van der Waals surface area contributed by atoms with E-state index in [1.807, 2.05) is 53.4 Å². The number of hydrogen-bond donors (Lipinski definition) is 2. The molecule has 1 saturated heterocycles. The van der Waals surface area contributed by atoms with Crippen LogP contribution < -0.4 is 5.32 Å². The molecule has 0 radical (unpaired) electrons. The average Bonchev–Trinajstić information content (AvgIpc) is 3.16. The molecule has 138 valence electrons. The molecule has 0 bridgehead atoms. The molecule has 1 aromatic heterocycles. The van der Waals surface area contributed by atoms with Crippen molar-refractivity contribution in [2.45, 2.75) is 25.3 Å². The van der Waals surface area contributed by atoms with E-state index in [1.165, 1.54) is 0 Å². The lowest BCUT2D eigenvalue weighted by Gasteiger charge is -2.32. The number of nitrogens with zero attached hydrogens (tertiary/aromatic N) is 2. The summed E-state index contributed by atoms with van der Waals surface area (Å²) in [6.07, 6.45) is 3.57. The van der Waals surface area contributed by atoms with Crippen molar-refractivity contribution in [2.75, 3.05) is 13.1 Å². The lowest BCUT2D eigenvalue weighted by Crippen LogP contribution is -2.46. The fourth-order valence-electron chi connectivity index (χ4n) is 3.54. The van der Waals surface area contributed by atoms with Crippen molar-refractivity contribution in [1.82, 2.24) is 20.2 Å². The molecule has 0 spiro atoms. The fraction of sp³-hybridized carbons (Fsp3) is 0.286. The van der Waals surface area contributed by atoms with Gasteiger partial charge in [0.15, 0.2) is 0 Å². The largest absolute Gasteiger partial charge is 0.353 e. The normalized spacial score (nSPS) is 15.0. The van der Waals surface area contributed by atoms with Gasteiger partial charge in [-0.1, -0.05) is 30.3 Å². The molecule has 0 aliphatic carbocycles. The van der Waals surface area contributed by atoms with Gasteiger partial charge in [-0.05, 0) is 36.6 Å². The molecule has 2 N–H and O–H groups in total. The van der Waals surface area contributed by atoms with E-state index < -0.39 is 0 Å². The summed E-state index contributed by atoms with van der Waals surface area (Å²) in [5.74, 6) is 0.0660. The van der Waals surface area contributed by atoms with Crippen LogP contribution in [-0.2, 0) is 11.2 Å². The topological polar surface area (TPSA) is 78.1 Å². The molecule has 3 aromatic rings. The van der Waals surface area contributed by atoms with Crippen molar-refractivity contribution in [2.24, 2.45) is 0 Å². The molecule has 1 aliphatic heterocycles. The molecule has 2 amide bonds. The van der Waals surface area contributed by atoms with Gasteiger partial charge in [-0.15, -0.1) is 0 Å². The van der Waals surface area contributed by atoms with Gasteiger partial charge in [-0.2, -0.15) is 0 Å². The van der Waals surface area contributed by atoms with Crippen LogP contribution in [0.15, 0.2) is 54.9 Å². The first-order valence-electron chi connectivity index (χ1n) is 9.25. The van der Waals surface area contributed by atoms with E-state index in [4.69, 9.17) is 0 Å². The van der Waals surface area contributed by atoms with Gasteiger partial charge in [0.1, 0.15) is 0 Å². The van der Waals surface area contributed by atoms with Crippen molar-refractivity contribution in [3.63, 3.8) is 0 Å². The van der Waals surface area contributed by atoms with Gasteiger partial charge in [-0.3, -0.25) is 9.59 Å². The number of fused-ring (bicyclic) bond motifs is 1. The van der Waals surface area contributed by atoms with Crippen molar-refractivity contribution in [3.8, 4) is 0 Å². The minimum absolute atomic E-state index is 0.0283. The van der Waals surface area contributed by atoms with E-state index in [0.29, 0.717) is 25.1 Å². The van der Waals surface area contributed by atoms with Crippen LogP contribution in [0.4, 0.5) is 0 Å². The van der Waals surface area contributed by atoms with Crippen LogP contribution in [0, 0.1) is 0 Å². The Morgan fingerprint density at radius 2 is 1.89 bits per heavy atom. The SMILES string of the molecule is O=C(Cc1ccccc1)NC1CCN(C(=O)c2ccc3nc[nH]c3c2)CC1. The Morgan fingerprint density at radius 1 is 1.11 bits per heavy atom. The zero-order chi connectivity index (χ0) is 18.6. The molecule has 6 heteroatoms. The highest BCUT2D eigenvalue weighted by atomic mass is 16.2. The van der Waals surface area contributed by atoms with Gasteiger partial charge in [0.25, 0.3) is 5.91 Å². The highest BCUT2D eigenvalue weighted by molar-refractivity contribution is 5.97. The number of imidazole rings is 1. The number of piperidine rings is 1. The molecular formula is C21H22N4O2. The van der Waals surface area contributed by atoms with Crippen LogP contribution in [0.2, 0.25) is 0 Å². The number of nitrogens with one attached hydrogen (secondary N) is 2. The fourth-order valence-corrected chi connectivity index (χ4v) is 3.54. The summed E-state index contributed by atoms with van der Waals surface area (Å²) in [5, 5.41) is 3.10. The number of benzene rings is 2. The molecular weight excluding hydrogens is 340 g/mol. The number of carbonyl (C=O) groups is 2. The summed E-state index contributed by atoms with van der Waals surface area (Å²) in [4.78, 5) is 34.0. The number of likely N-dealkylation sites (tertiary alicyclic amines) is 1. The molecule has 1 aliphatic rings. The molecule has 27 heavy (non-hydrogen) atoms. The number of H-pyrrole nitrogens is 1. The highest BCUT2D eigenvalue weighted by Crippen LogP contribution is 2.17. The summed E-state index contributed by atoms with van der Waals surface area (Å²) in [6, 6.07) is 15.4. The lowest BCUT2D eigenvalue weighted by atomic mass is 10.0. The Balaban J connectivity index is 1.30. The molecule has 6 nitrogen and oxygen atoms in total. The first-order valence-corrected chi connectivity index (χ1v) is 9.25. The molecule has 0 saturated carbocycles. The van der Waals surface area contributed by atoms with E-state index in [1.54, 1.807) is 6.33 Å². The molecule has 1 fully saturated rings. The van der Waals surface area contributed by atoms with Gasteiger partial charge < -0.3 is 15.2 Å². The van der Waals surface area contributed by atoms with Crippen molar-refractivity contribution >= 4 is 22.8 Å². The Hall–Kier alpha value is -3.15. The summed E-state index contributed by atoms with van der Waals surface area (Å²) in [7, 11) is 0. The maximum Gasteiger partial charge on any atom is 0.253 e. The number of aromatic nitrogens is 2.